The fourth-order valence-electron chi connectivity index (χ4n) is 1.47. The molecular weight excluding hydrogens is 243 g/mol. The second-order valence-electron chi connectivity index (χ2n) is 3.66. The summed E-state index contributed by atoms with van der Waals surface area (Å²) in [6.45, 7) is 4.01. The molecule has 0 saturated heterocycles. The Kier molecular flexibility index (Phi) is 3.22. The van der Waals surface area contributed by atoms with Gasteiger partial charge in [-0.1, -0.05) is 36.2 Å². The maximum atomic E-state index is 6.11. The number of nitrogens with zero attached hydrogens (tertiary/aromatic N) is 2. The average molecular weight is 255 g/mol. The van der Waals surface area contributed by atoms with Gasteiger partial charge in [-0.05, 0) is 37.1 Å². The Hall–Kier alpha value is -0.990. The van der Waals surface area contributed by atoms with E-state index in [-0.39, 0.29) is 0 Å². The summed E-state index contributed by atoms with van der Waals surface area (Å²) in [6, 6.07) is 7.66. The molecule has 2 aromatic rings. The van der Waals surface area contributed by atoms with Crippen LogP contribution in [0.15, 0.2) is 24.3 Å². The molecule has 4 heteroatoms. The molecule has 0 aliphatic carbocycles. The topological polar surface area (TPSA) is 17.8 Å². The van der Waals surface area contributed by atoms with Gasteiger partial charge in [0.25, 0.3) is 0 Å². The number of aryl methyl sites for hydroxylation is 2. The largest absolute Gasteiger partial charge is 0.222 e. The molecule has 0 spiro atoms. The summed E-state index contributed by atoms with van der Waals surface area (Å²) in [5.74, 6) is 0. The van der Waals surface area contributed by atoms with Gasteiger partial charge in [-0.25, -0.2) is 4.68 Å². The lowest BCUT2D eigenvalue weighted by atomic mass is 10.2. The Morgan fingerprint density at radius 3 is 2.56 bits per heavy atom. The molecule has 0 aliphatic heterocycles. The normalized spacial score (nSPS) is 10.8. The lowest BCUT2D eigenvalue weighted by Gasteiger charge is -2.05. The summed E-state index contributed by atoms with van der Waals surface area (Å²) in [5, 5.41) is 5.73. The SMILES string of the molecule is CCc1cc(Cl)n(-c2ccc(C)c(Cl)c2)n1. The molecule has 0 atom stereocenters. The van der Waals surface area contributed by atoms with Crippen LogP contribution in [-0.4, -0.2) is 9.78 Å². The summed E-state index contributed by atoms with van der Waals surface area (Å²) >= 11 is 12.2. The quantitative estimate of drug-likeness (QED) is 0.791. The zero-order chi connectivity index (χ0) is 11.7. The van der Waals surface area contributed by atoms with Gasteiger partial charge in [-0.2, -0.15) is 5.10 Å². The van der Waals surface area contributed by atoms with Gasteiger partial charge in [0.1, 0.15) is 5.15 Å². The fourth-order valence-corrected chi connectivity index (χ4v) is 1.91. The third-order valence-electron chi connectivity index (χ3n) is 2.48. The Morgan fingerprint density at radius 1 is 1.25 bits per heavy atom. The smallest absolute Gasteiger partial charge is 0.133 e. The second-order valence-corrected chi connectivity index (χ2v) is 4.45. The van der Waals surface area contributed by atoms with Crippen LogP contribution < -0.4 is 0 Å². The van der Waals surface area contributed by atoms with Crippen molar-refractivity contribution in [3.63, 3.8) is 0 Å². The molecule has 0 radical (unpaired) electrons. The lowest BCUT2D eigenvalue weighted by Crippen LogP contribution is -1.97. The van der Waals surface area contributed by atoms with Gasteiger partial charge in [0.05, 0.1) is 11.4 Å². The van der Waals surface area contributed by atoms with Gasteiger partial charge in [-0.3, -0.25) is 0 Å². The zero-order valence-electron chi connectivity index (χ0n) is 9.17. The van der Waals surface area contributed by atoms with E-state index in [4.69, 9.17) is 23.2 Å². The molecule has 84 valence electrons. The Bertz CT molecular complexity index is 518. The van der Waals surface area contributed by atoms with E-state index < -0.39 is 0 Å². The number of aromatic nitrogens is 2. The predicted octanol–water partition coefficient (Wildman–Crippen LogP) is 4.05. The molecule has 0 fully saturated rings. The van der Waals surface area contributed by atoms with Crippen molar-refractivity contribution in [2.75, 3.05) is 0 Å². The Morgan fingerprint density at radius 2 is 2.00 bits per heavy atom. The van der Waals surface area contributed by atoms with E-state index in [2.05, 4.69) is 5.10 Å². The summed E-state index contributed by atoms with van der Waals surface area (Å²) in [4.78, 5) is 0. The van der Waals surface area contributed by atoms with Gasteiger partial charge >= 0.3 is 0 Å². The van der Waals surface area contributed by atoms with Crippen LogP contribution >= 0.6 is 23.2 Å². The molecular formula is C12H12Cl2N2. The van der Waals surface area contributed by atoms with Crippen molar-refractivity contribution in [2.24, 2.45) is 0 Å². The fraction of sp³-hybridized carbons (Fsp3) is 0.250. The van der Waals surface area contributed by atoms with Gasteiger partial charge in [0, 0.05) is 5.02 Å². The van der Waals surface area contributed by atoms with Crippen LogP contribution in [0.3, 0.4) is 0 Å². The molecule has 1 aromatic carbocycles. The van der Waals surface area contributed by atoms with Crippen LogP contribution in [0.4, 0.5) is 0 Å². The van der Waals surface area contributed by atoms with Crippen LogP contribution in [0.25, 0.3) is 5.69 Å². The minimum absolute atomic E-state index is 0.608. The van der Waals surface area contributed by atoms with Crippen molar-refractivity contribution in [1.82, 2.24) is 9.78 Å². The molecule has 0 unspecified atom stereocenters. The Balaban J connectivity index is 2.49. The van der Waals surface area contributed by atoms with E-state index in [1.165, 1.54) is 0 Å². The van der Waals surface area contributed by atoms with Gasteiger partial charge in [0.2, 0.25) is 0 Å². The number of hydrogen-bond acceptors (Lipinski definition) is 1. The molecule has 2 nitrogen and oxygen atoms in total. The van der Waals surface area contributed by atoms with Crippen molar-refractivity contribution in [3.05, 3.63) is 45.7 Å². The van der Waals surface area contributed by atoms with Crippen LogP contribution in [0, 0.1) is 6.92 Å². The highest BCUT2D eigenvalue weighted by molar-refractivity contribution is 6.31. The van der Waals surface area contributed by atoms with E-state index in [0.29, 0.717) is 5.15 Å². The highest BCUT2D eigenvalue weighted by Crippen LogP contribution is 2.22. The highest BCUT2D eigenvalue weighted by Gasteiger charge is 2.07. The number of rotatable bonds is 2. The Labute approximate surface area is 105 Å². The molecule has 2 rings (SSSR count). The highest BCUT2D eigenvalue weighted by atomic mass is 35.5. The van der Waals surface area contributed by atoms with Crippen molar-refractivity contribution >= 4 is 23.2 Å². The average Bonchev–Trinajstić information content (AvgIpc) is 2.64. The molecule has 1 aromatic heterocycles. The van der Waals surface area contributed by atoms with Gasteiger partial charge < -0.3 is 0 Å². The number of hydrogen-bond donors (Lipinski definition) is 0. The minimum Gasteiger partial charge on any atom is -0.222 e. The van der Waals surface area contributed by atoms with Crippen molar-refractivity contribution in [1.29, 1.82) is 0 Å². The van der Waals surface area contributed by atoms with E-state index in [0.717, 1.165) is 28.4 Å². The van der Waals surface area contributed by atoms with E-state index in [1.807, 2.05) is 38.1 Å². The maximum absolute atomic E-state index is 6.11. The minimum atomic E-state index is 0.608. The summed E-state index contributed by atoms with van der Waals surface area (Å²) in [5.41, 5.74) is 2.91. The first-order valence-corrected chi connectivity index (χ1v) is 5.88. The molecule has 16 heavy (non-hydrogen) atoms. The standard InChI is InChI=1S/C12H12Cl2N2/c1-3-9-6-12(14)16(15-9)10-5-4-8(2)11(13)7-10/h4-7H,3H2,1-2H3. The predicted molar refractivity (Wildman–Crippen MR) is 67.7 cm³/mol. The van der Waals surface area contributed by atoms with Crippen molar-refractivity contribution in [2.45, 2.75) is 20.3 Å². The van der Waals surface area contributed by atoms with Crippen LogP contribution in [0.2, 0.25) is 10.2 Å². The molecule has 1 heterocycles. The molecule has 0 amide bonds. The summed E-state index contributed by atoms with van der Waals surface area (Å²) < 4.78 is 1.70. The van der Waals surface area contributed by atoms with E-state index in [1.54, 1.807) is 4.68 Å². The van der Waals surface area contributed by atoms with Crippen molar-refractivity contribution < 1.29 is 0 Å². The first kappa shape index (κ1) is 11.5. The molecule has 0 saturated carbocycles. The van der Waals surface area contributed by atoms with E-state index in [9.17, 15) is 0 Å². The third kappa shape index (κ3) is 2.08. The van der Waals surface area contributed by atoms with Crippen LogP contribution in [-0.2, 0) is 6.42 Å². The second kappa shape index (κ2) is 4.48. The maximum Gasteiger partial charge on any atom is 0.133 e. The van der Waals surface area contributed by atoms with E-state index >= 15 is 0 Å². The molecule has 0 N–H and O–H groups in total. The molecule has 0 aliphatic rings. The van der Waals surface area contributed by atoms with Crippen molar-refractivity contribution in [3.8, 4) is 5.69 Å². The lowest BCUT2D eigenvalue weighted by molar-refractivity contribution is 0.842. The first-order valence-electron chi connectivity index (χ1n) is 5.12. The number of halogens is 2. The number of benzene rings is 1. The van der Waals surface area contributed by atoms with Crippen LogP contribution in [0.1, 0.15) is 18.2 Å². The first-order chi connectivity index (χ1) is 7.61. The monoisotopic (exact) mass is 254 g/mol. The van der Waals surface area contributed by atoms with Gasteiger partial charge in [0.15, 0.2) is 0 Å². The third-order valence-corrected chi connectivity index (χ3v) is 3.16. The van der Waals surface area contributed by atoms with Gasteiger partial charge in [-0.15, -0.1) is 0 Å². The summed E-state index contributed by atoms with van der Waals surface area (Å²) in [7, 11) is 0. The van der Waals surface area contributed by atoms with Crippen LogP contribution in [0.5, 0.6) is 0 Å². The summed E-state index contributed by atoms with van der Waals surface area (Å²) in [6.07, 6.45) is 0.867. The molecule has 0 bridgehead atoms. The zero-order valence-corrected chi connectivity index (χ0v) is 10.7.